The average Bonchev–Trinajstić information content (AvgIpc) is 2.85. The number of para-hydroxylation sites is 1. The van der Waals surface area contributed by atoms with Gasteiger partial charge in [0.05, 0.1) is 6.21 Å². The van der Waals surface area contributed by atoms with Crippen LogP contribution in [0.2, 0.25) is 0 Å². The third-order valence-corrected chi connectivity index (χ3v) is 3.33. The number of fused-ring (bicyclic) bond motifs is 1. The highest BCUT2D eigenvalue weighted by molar-refractivity contribution is 6.00. The molecule has 0 saturated carbocycles. The van der Waals surface area contributed by atoms with E-state index in [4.69, 9.17) is 0 Å². The molecule has 3 rings (SSSR count). The van der Waals surface area contributed by atoms with E-state index in [1.807, 2.05) is 54.2 Å². The van der Waals surface area contributed by atoms with Gasteiger partial charge in [0, 0.05) is 35.3 Å². The van der Waals surface area contributed by atoms with Crippen LogP contribution in [-0.2, 0) is 7.05 Å². The lowest BCUT2D eigenvalue weighted by Crippen LogP contribution is -2.17. The van der Waals surface area contributed by atoms with Crippen molar-refractivity contribution in [1.29, 1.82) is 0 Å². The Labute approximate surface area is 122 Å². The van der Waals surface area contributed by atoms with Gasteiger partial charge in [0.15, 0.2) is 0 Å². The van der Waals surface area contributed by atoms with Crippen LogP contribution in [-0.4, -0.2) is 16.7 Å². The smallest absolute Gasteiger partial charge is 0.271 e. The van der Waals surface area contributed by atoms with Gasteiger partial charge in [-0.1, -0.05) is 36.4 Å². The molecule has 104 valence electrons. The monoisotopic (exact) mass is 277 g/mol. The summed E-state index contributed by atoms with van der Waals surface area (Å²) in [6.45, 7) is 0. The molecule has 1 amide bonds. The standard InChI is InChI=1S/C17H15N3O/c1-20-12-14(15-9-5-6-10-16(15)20)11-18-19-17(21)13-7-3-2-4-8-13/h2-12H,1H3,(H,19,21)/b18-11+. The number of hydrogen-bond acceptors (Lipinski definition) is 2. The molecule has 0 aliphatic heterocycles. The molecule has 4 nitrogen and oxygen atoms in total. The van der Waals surface area contributed by atoms with Gasteiger partial charge in [0.25, 0.3) is 5.91 Å². The number of carbonyl (C=O) groups is 1. The molecule has 21 heavy (non-hydrogen) atoms. The topological polar surface area (TPSA) is 46.4 Å². The fourth-order valence-corrected chi connectivity index (χ4v) is 2.29. The van der Waals surface area contributed by atoms with E-state index in [2.05, 4.69) is 16.6 Å². The minimum Gasteiger partial charge on any atom is -0.350 e. The largest absolute Gasteiger partial charge is 0.350 e. The summed E-state index contributed by atoms with van der Waals surface area (Å²) in [6.07, 6.45) is 3.66. The van der Waals surface area contributed by atoms with Crippen molar-refractivity contribution in [1.82, 2.24) is 9.99 Å². The van der Waals surface area contributed by atoms with E-state index in [1.54, 1.807) is 18.3 Å². The highest BCUT2D eigenvalue weighted by atomic mass is 16.2. The molecule has 0 aliphatic rings. The number of aryl methyl sites for hydroxylation is 1. The quantitative estimate of drug-likeness (QED) is 0.580. The van der Waals surface area contributed by atoms with Gasteiger partial charge in [0.2, 0.25) is 0 Å². The molecule has 0 aliphatic carbocycles. The van der Waals surface area contributed by atoms with Crippen LogP contribution in [0.5, 0.6) is 0 Å². The zero-order valence-corrected chi connectivity index (χ0v) is 11.7. The summed E-state index contributed by atoms with van der Waals surface area (Å²) < 4.78 is 2.04. The molecule has 1 aromatic heterocycles. The minimum absolute atomic E-state index is 0.216. The Morgan fingerprint density at radius 3 is 2.62 bits per heavy atom. The van der Waals surface area contributed by atoms with Gasteiger partial charge in [-0.25, -0.2) is 5.43 Å². The maximum Gasteiger partial charge on any atom is 0.271 e. The number of nitrogens with zero attached hydrogens (tertiary/aromatic N) is 2. The number of aromatic nitrogens is 1. The van der Waals surface area contributed by atoms with Crippen molar-refractivity contribution in [2.24, 2.45) is 12.1 Å². The van der Waals surface area contributed by atoms with Crippen LogP contribution in [0.4, 0.5) is 0 Å². The molecule has 0 bridgehead atoms. The van der Waals surface area contributed by atoms with Gasteiger partial charge >= 0.3 is 0 Å². The molecule has 0 atom stereocenters. The van der Waals surface area contributed by atoms with E-state index in [1.165, 1.54) is 0 Å². The van der Waals surface area contributed by atoms with E-state index in [0.717, 1.165) is 16.5 Å². The zero-order valence-electron chi connectivity index (χ0n) is 11.7. The Kier molecular flexibility index (Phi) is 3.51. The fraction of sp³-hybridized carbons (Fsp3) is 0.0588. The number of rotatable bonds is 3. The summed E-state index contributed by atoms with van der Waals surface area (Å²) in [5.74, 6) is -0.216. The Bertz CT molecular complexity index is 803. The fourth-order valence-electron chi connectivity index (χ4n) is 2.29. The number of nitrogens with one attached hydrogen (secondary N) is 1. The number of hydrogen-bond donors (Lipinski definition) is 1. The van der Waals surface area contributed by atoms with Crippen LogP contribution in [0, 0.1) is 0 Å². The van der Waals surface area contributed by atoms with Gasteiger partial charge in [-0.3, -0.25) is 4.79 Å². The molecule has 0 radical (unpaired) electrons. The summed E-state index contributed by atoms with van der Waals surface area (Å²) in [4.78, 5) is 11.9. The molecule has 0 unspecified atom stereocenters. The number of carbonyl (C=O) groups excluding carboxylic acids is 1. The Balaban J connectivity index is 1.78. The van der Waals surface area contributed by atoms with Crippen LogP contribution >= 0.6 is 0 Å². The van der Waals surface area contributed by atoms with Crippen LogP contribution in [0.25, 0.3) is 10.9 Å². The highest BCUT2D eigenvalue weighted by Crippen LogP contribution is 2.18. The molecule has 1 N–H and O–H groups in total. The van der Waals surface area contributed by atoms with Crippen molar-refractivity contribution in [2.45, 2.75) is 0 Å². The third-order valence-electron chi connectivity index (χ3n) is 3.33. The highest BCUT2D eigenvalue weighted by Gasteiger charge is 2.04. The average molecular weight is 277 g/mol. The van der Waals surface area contributed by atoms with Crippen molar-refractivity contribution in [2.75, 3.05) is 0 Å². The van der Waals surface area contributed by atoms with Gasteiger partial charge in [-0.05, 0) is 18.2 Å². The summed E-state index contributed by atoms with van der Waals surface area (Å²) in [5, 5.41) is 5.15. The molecule has 2 aromatic carbocycles. The molecule has 0 fully saturated rings. The van der Waals surface area contributed by atoms with Crippen molar-refractivity contribution >= 4 is 23.0 Å². The second kappa shape index (κ2) is 5.63. The van der Waals surface area contributed by atoms with Gasteiger partial charge in [0.1, 0.15) is 0 Å². The Hall–Kier alpha value is -2.88. The van der Waals surface area contributed by atoms with Crippen LogP contribution in [0.3, 0.4) is 0 Å². The summed E-state index contributed by atoms with van der Waals surface area (Å²) in [7, 11) is 1.99. The van der Waals surface area contributed by atoms with Gasteiger partial charge in [-0.2, -0.15) is 5.10 Å². The molecular weight excluding hydrogens is 262 g/mol. The molecule has 0 saturated heterocycles. The minimum atomic E-state index is -0.216. The zero-order chi connectivity index (χ0) is 14.7. The van der Waals surface area contributed by atoms with E-state index in [0.29, 0.717) is 5.56 Å². The van der Waals surface area contributed by atoms with Crippen molar-refractivity contribution in [3.8, 4) is 0 Å². The number of benzene rings is 2. The van der Waals surface area contributed by atoms with Gasteiger partial charge < -0.3 is 4.57 Å². The first-order valence-electron chi connectivity index (χ1n) is 6.68. The van der Waals surface area contributed by atoms with Crippen LogP contribution < -0.4 is 5.43 Å². The van der Waals surface area contributed by atoms with Gasteiger partial charge in [-0.15, -0.1) is 0 Å². The van der Waals surface area contributed by atoms with E-state index in [-0.39, 0.29) is 5.91 Å². The first-order valence-corrected chi connectivity index (χ1v) is 6.68. The predicted octanol–water partition coefficient (Wildman–Crippen LogP) is 2.94. The lowest BCUT2D eigenvalue weighted by Gasteiger charge is -1.98. The van der Waals surface area contributed by atoms with E-state index >= 15 is 0 Å². The lowest BCUT2D eigenvalue weighted by atomic mass is 10.2. The molecule has 3 aromatic rings. The molecule has 0 spiro atoms. The first-order chi connectivity index (χ1) is 10.3. The van der Waals surface area contributed by atoms with Crippen molar-refractivity contribution in [3.05, 3.63) is 71.9 Å². The molecule has 4 heteroatoms. The second-order valence-corrected chi connectivity index (χ2v) is 4.78. The van der Waals surface area contributed by atoms with Crippen LogP contribution in [0.15, 0.2) is 65.9 Å². The first kappa shape index (κ1) is 13.1. The maximum atomic E-state index is 11.9. The predicted molar refractivity (Wildman–Crippen MR) is 84.4 cm³/mol. The van der Waals surface area contributed by atoms with Crippen molar-refractivity contribution < 1.29 is 4.79 Å². The molecular formula is C17H15N3O. The Morgan fingerprint density at radius 1 is 1.10 bits per heavy atom. The number of hydrazone groups is 1. The molecule has 1 heterocycles. The van der Waals surface area contributed by atoms with E-state index < -0.39 is 0 Å². The normalized spacial score (nSPS) is 11.1. The lowest BCUT2D eigenvalue weighted by molar-refractivity contribution is 0.0955. The third kappa shape index (κ3) is 2.69. The van der Waals surface area contributed by atoms with Crippen LogP contribution in [0.1, 0.15) is 15.9 Å². The summed E-state index contributed by atoms with van der Waals surface area (Å²) in [5.41, 5.74) is 5.24. The van der Waals surface area contributed by atoms with Crippen molar-refractivity contribution in [3.63, 3.8) is 0 Å². The Morgan fingerprint density at radius 2 is 1.81 bits per heavy atom. The summed E-state index contributed by atoms with van der Waals surface area (Å²) >= 11 is 0. The van der Waals surface area contributed by atoms with E-state index in [9.17, 15) is 4.79 Å². The SMILES string of the molecule is Cn1cc(/C=N/NC(=O)c2ccccc2)c2ccccc21. The maximum absolute atomic E-state index is 11.9. The number of amides is 1. The second-order valence-electron chi connectivity index (χ2n) is 4.78. The summed E-state index contributed by atoms with van der Waals surface area (Å²) in [6, 6.07) is 17.1.